The van der Waals surface area contributed by atoms with Gasteiger partial charge in [-0.1, -0.05) is 0 Å². The Bertz CT molecular complexity index is 102. The standard InChI is InChI=1S/C8H19N3/c1-9-5-4-7-11(3)8-6-10-2/h6,8-10H,4-5,7H2,1-3H3/b8-6-. The number of nitrogens with one attached hydrogen (secondary N) is 2. The molecule has 0 fully saturated rings. The molecule has 0 saturated heterocycles. The van der Waals surface area contributed by atoms with Gasteiger partial charge < -0.3 is 15.5 Å². The third-order valence-corrected chi connectivity index (χ3v) is 1.43. The fourth-order valence-electron chi connectivity index (χ4n) is 0.782. The molecule has 11 heavy (non-hydrogen) atoms. The highest BCUT2D eigenvalue weighted by Crippen LogP contribution is 1.85. The van der Waals surface area contributed by atoms with Gasteiger partial charge in [0, 0.05) is 33.0 Å². The molecule has 0 aliphatic carbocycles. The van der Waals surface area contributed by atoms with Crippen LogP contribution in [0.15, 0.2) is 12.4 Å². The van der Waals surface area contributed by atoms with E-state index < -0.39 is 0 Å². The molecule has 0 unspecified atom stereocenters. The molecule has 0 aliphatic heterocycles. The zero-order chi connectivity index (χ0) is 8.53. The second kappa shape index (κ2) is 7.41. The normalized spacial score (nSPS) is 10.5. The van der Waals surface area contributed by atoms with E-state index in [1.165, 1.54) is 6.42 Å². The maximum absolute atomic E-state index is 3.11. The summed E-state index contributed by atoms with van der Waals surface area (Å²) in [5, 5.41) is 6.06. The van der Waals surface area contributed by atoms with Crippen molar-refractivity contribution in [1.29, 1.82) is 0 Å². The van der Waals surface area contributed by atoms with Crippen LogP contribution in [0.5, 0.6) is 0 Å². The Labute approximate surface area is 69.5 Å². The molecule has 0 saturated carbocycles. The molecule has 3 nitrogen and oxygen atoms in total. The van der Waals surface area contributed by atoms with Crippen LogP contribution in [-0.4, -0.2) is 39.1 Å². The van der Waals surface area contributed by atoms with E-state index in [1.54, 1.807) is 0 Å². The first-order valence-corrected chi connectivity index (χ1v) is 4.00. The van der Waals surface area contributed by atoms with E-state index >= 15 is 0 Å². The van der Waals surface area contributed by atoms with Crippen LogP contribution in [0.3, 0.4) is 0 Å². The molecule has 0 amide bonds. The van der Waals surface area contributed by atoms with Crippen LogP contribution in [0.2, 0.25) is 0 Å². The second-order valence-electron chi connectivity index (χ2n) is 2.54. The summed E-state index contributed by atoms with van der Waals surface area (Å²) in [5.41, 5.74) is 0. The molecule has 0 aromatic rings. The zero-order valence-electron chi connectivity index (χ0n) is 7.72. The summed E-state index contributed by atoms with van der Waals surface area (Å²) in [6, 6.07) is 0. The average Bonchev–Trinajstić information content (AvgIpc) is 2.01. The quantitative estimate of drug-likeness (QED) is 0.540. The van der Waals surface area contributed by atoms with E-state index in [-0.39, 0.29) is 0 Å². The lowest BCUT2D eigenvalue weighted by Gasteiger charge is -2.12. The summed E-state index contributed by atoms with van der Waals surface area (Å²) in [6.45, 7) is 2.18. The Hall–Kier alpha value is -0.700. The maximum atomic E-state index is 3.11. The highest BCUT2D eigenvalue weighted by Gasteiger charge is 1.88. The Balaban J connectivity index is 3.21. The number of rotatable bonds is 6. The SMILES string of the molecule is CN/C=C\N(C)CCCNC. The summed E-state index contributed by atoms with van der Waals surface area (Å²) in [7, 11) is 5.95. The van der Waals surface area contributed by atoms with Gasteiger partial charge in [-0.05, 0) is 20.0 Å². The van der Waals surface area contributed by atoms with E-state index in [9.17, 15) is 0 Å². The van der Waals surface area contributed by atoms with Crippen LogP contribution in [0.1, 0.15) is 6.42 Å². The minimum Gasteiger partial charge on any atom is -0.393 e. The van der Waals surface area contributed by atoms with Crippen LogP contribution in [0.4, 0.5) is 0 Å². The molecule has 0 radical (unpaired) electrons. The lowest BCUT2D eigenvalue weighted by molar-refractivity contribution is 0.438. The lowest BCUT2D eigenvalue weighted by Crippen LogP contribution is -2.18. The summed E-state index contributed by atoms with van der Waals surface area (Å²) >= 11 is 0. The fourth-order valence-corrected chi connectivity index (χ4v) is 0.782. The van der Waals surface area contributed by atoms with Crippen molar-refractivity contribution in [3.8, 4) is 0 Å². The highest BCUT2D eigenvalue weighted by molar-refractivity contribution is 4.76. The van der Waals surface area contributed by atoms with E-state index in [1.807, 2.05) is 26.5 Å². The van der Waals surface area contributed by atoms with Crippen molar-refractivity contribution in [1.82, 2.24) is 15.5 Å². The molecule has 0 bridgehead atoms. The first-order chi connectivity index (χ1) is 5.31. The molecular weight excluding hydrogens is 138 g/mol. The maximum Gasteiger partial charge on any atom is 0.0181 e. The van der Waals surface area contributed by atoms with Gasteiger partial charge in [-0.2, -0.15) is 0 Å². The Morgan fingerprint density at radius 1 is 1.36 bits per heavy atom. The monoisotopic (exact) mass is 157 g/mol. The minimum absolute atomic E-state index is 1.08. The van der Waals surface area contributed by atoms with Crippen LogP contribution in [-0.2, 0) is 0 Å². The minimum atomic E-state index is 1.08. The Kier molecular flexibility index (Phi) is 6.94. The Morgan fingerprint density at radius 3 is 2.64 bits per heavy atom. The van der Waals surface area contributed by atoms with Crippen molar-refractivity contribution < 1.29 is 0 Å². The van der Waals surface area contributed by atoms with E-state index in [0.717, 1.165) is 13.1 Å². The smallest absolute Gasteiger partial charge is 0.0181 e. The number of nitrogens with zero attached hydrogens (tertiary/aromatic N) is 1. The molecule has 0 rings (SSSR count). The van der Waals surface area contributed by atoms with E-state index in [4.69, 9.17) is 0 Å². The largest absolute Gasteiger partial charge is 0.393 e. The predicted octanol–water partition coefficient (Wildman–Crippen LogP) is 0.218. The lowest BCUT2D eigenvalue weighted by atomic mass is 10.4. The Morgan fingerprint density at radius 2 is 2.09 bits per heavy atom. The molecule has 2 N–H and O–H groups in total. The summed E-state index contributed by atoms with van der Waals surface area (Å²) in [5.74, 6) is 0. The average molecular weight is 157 g/mol. The summed E-state index contributed by atoms with van der Waals surface area (Å²) < 4.78 is 0. The van der Waals surface area contributed by atoms with Crippen molar-refractivity contribution >= 4 is 0 Å². The van der Waals surface area contributed by atoms with Crippen LogP contribution >= 0.6 is 0 Å². The topological polar surface area (TPSA) is 27.3 Å². The van der Waals surface area contributed by atoms with Crippen LogP contribution in [0, 0.1) is 0 Å². The molecule has 0 aromatic heterocycles. The van der Waals surface area contributed by atoms with E-state index in [2.05, 4.69) is 22.6 Å². The van der Waals surface area contributed by atoms with Gasteiger partial charge in [0.25, 0.3) is 0 Å². The third kappa shape index (κ3) is 7.19. The molecule has 0 spiro atoms. The van der Waals surface area contributed by atoms with Gasteiger partial charge in [0.15, 0.2) is 0 Å². The highest BCUT2D eigenvalue weighted by atomic mass is 15.1. The van der Waals surface area contributed by atoms with Crippen molar-refractivity contribution in [3.63, 3.8) is 0 Å². The molecule has 66 valence electrons. The van der Waals surface area contributed by atoms with E-state index in [0.29, 0.717) is 0 Å². The van der Waals surface area contributed by atoms with Gasteiger partial charge in [0.2, 0.25) is 0 Å². The fraction of sp³-hybridized carbons (Fsp3) is 0.750. The molecule has 0 aliphatic rings. The molecule has 0 aromatic carbocycles. The van der Waals surface area contributed by atoms with Gasteiger partial charge >= 0.3 is 0 Å². The molecule has 0 atom stereocenters. The van der Waals surface area contributed by atoms with Gasteiger partial charge in [-0.3, -0.25) is 0 Å². The molecule has 0 heterocycles. The number of hydrogen-bond acceptors (Lipinski definition) is 3. The predicted molar refractivity (Wildman–Crippen MR) is 49.4 cm³/mol. The van der Waals surface area contributed by atoms with Crippen molar-refractivity contribution in [2.45, 2.75) is 6.42 Å². The first kappa shape index (κ1) is 10.3. The van der Waals surface area contributed by atoms with Gasteiger partial charge in [-0.25, -0.2) is 0 Å². The van der Waals surface area contributed by atoms with Gasteiger partial charge in [0.1, 0.15) is 0 Å². The summed E-state index contributed by atoms with van der Waals surface area (Å²) in [4.78, 5) is 2.16. The first-order valence-electron chi connectivity index (χ1n) is 4.00. The van der Waals surface area contributed by atoms with Crippen molar-refractivity contribution in [3.05, 3.63) is 12.4 Å². The second-order valence-corrected chi connectivity index (χ2v) is 2.54. The van der Waals surface area contributed by atoms with Crippen molar-refractivity contribution in [2.75, 3.05) is 34.2 Å². The van der Waals surface area contributed by atoms with Gasteiger partial charge in [-0.15, -0.1) is 0 Å². The molecular formula is C8H19N3. The van der Waals surface area contributed by atoms with Gasteiger partial charge in [0.05, 0.1) is 0 Å². The van der Waals surface area contributed by atoms with Crippen LogP contribution < -0.4 is 10.6 Å². The molecule has 3 heteroatoms. The summed E-state index contributed by atoms with van der Waals surface area (Å²) in [6.07, 6.45) is 5.15. The zero-order valence-corrected chi connectivity index (χ0v) is 7.72. The van der Waals surface area contributed by atoms with Crippen molar-refractivity contribution in [2.24, 2.45) is 0 Å². The van der Waals surface area contributed by atoms with Crippen LogP contribution in [0.25, 0.3) is 0 Å². The number of hydrogen-bond donors (Lipinski definition) is 2. The third-order valence-electron chi connectivity index (χ3n) is 1.43.